The van der Waals surface area contributed by atoms with Crippen LogP contribution in [0.2, 0.25) is 0 Å². The molecule has 24 heavy (non-hydrogen) atoms. The number of hydrogen-bond donors (Lipinski definition) is 1. The number of rotatable bonds is 6. The molecule has 0 fully saturated rings. The number of unbranched alkanes of at least 4 members (excludes halogenated alkanes) is 1. The van der Waals surface area contributed by atoms with Gasteiger partial charge in [-0.05, 0) is 37.0 Å². The van der Waals surface area contributed by atoms with Crippen LogP contribution in [0.25, 0.3) is 11.0 Å². The van der Waals surface area contributed by atoms with Gasteiger partial charge in [0.2, 0.25) is 0 Å². The van der Waals surface area contributed by atoms with Crippen molar-refractivity contribution in [1.82, 2.24) is 5.32 Å². The van der Waals surface area contributed by atoms with E-state index in [9.17, 15) is 9.59 Å². The minimum absolute atomic E-state index is 0.0526. The second kappa shape index (κ2) is 7.59. The zero-order valence-electron chi connectivity index (χ0n) is 13.3. The first kappa shape index (κ1) is 16.0. The van der Waals surface area contributed by atoms with Gasteiger partial charge in [-0.25, -0.2) is 4.79 Å². The maximum Gasteiger partial charge on any atom is 0.349 e. The molecule has 0 saturated carbocycles. The largest absolute Gasteiger partial charge is 0.422 e. The van der Waals surface area contributed by atoms with E-state index >= 15 is 0 Å². The summed E-state index contributed by atoms with van der Waals surface area (Å²) in [5, 5.41) is 3.53. The molecule has 0 unspecified atom stereocenters. The highest BCUT2D eigenvalue weighted by Gasteiger charge is 2.12. The minimum atomic E-state index is -0.601. The highest BCUT2D eigenvalue weighted by Crippen LogP contribution is 2.12. The number of carbonyl (C=O) groups is 1. The molecule has 0 radical (unpaired) electrons. The summed E-state index contributed by atoms with van der Waals surface area (Å²) in [5.74, 6) is -0.380. The summed E-state index contributed by atoms with van der Waals surface area (Å²) in [6, 6.07) is 19.0. The Morgan fingerprint density at radius 2 is 1.71 bits per heavy atom. The summed E-state index contributed by atoms with van der Waals surface area (Å²) in [5.41, 5.74) is 1.23. The van der Waals surface area contributed by atoms with Crippen molar-refractivity contribution in [2.75, 3.05) is 6.54 Å². The molecule has 3 rings (SSSR count). The number of hydrogen-bond acceptors (Lipinski definition) is 3. The maximum absolute atomic E-state index is 12.2. The Balaban J connectivity index is 1.53. The minimum Gasteiger partial charge on any atom is -0.422 e. The van der Waals surface area contributed by atoms with Crippen molar-refractivity contribution >= 4 is 16.9 Å². The van der Waals surface area contributed by atoms with E-state index in [1.807, 2.05) is 30.3 Å². The van der Waals surface area contributed by atoms with Crippen LogP contribution in [0, 0.1) is 0 Å². The van der Waals surface area contributed by atoms with Crippen LogP contribution in [0.5, 0.6) is 0 Å². The van der Waals surface area contributed by atoms with Crippen molar-refractivity contribution in [1.29, 1.82) is 0 Å². The van der Waals surface area contributed by atoms with Gasteiger partial charge in [0.15, 0.2) is 0 Å². The van der Waals surface area contributed by atoms with Gasteiger partial charge in [-0.1, -0.05) is 48.5 Å². The molecule has 1 heterocycles. The monoisotopic (exact) mass is 321 g/mol. The predicted molar refractivity (Wildman–Crippen MR) is 94.2 cm³/mol. The Bertz CT molecular complexity index is 884. The van der Waals surface area contributed by atoms with Gasteiger partial charge in [-0.3, -0.25) is 4.79 Å². The van der Waals surface area contributed by atoms with Gasteiger partial charge >= 0.3 is 5.63 Å². The molecular formula is C20H19NO3. The van der Waals surface area contributed by atoms with E-state index in [1.165, 1.54) is 5.56 Å². The highest BCUT2D eigenvalue weighted by atomic mass is 16.4. The van der Waals surface area contributed by atoms with E-state index in [0.717, 1.165) is 24.6 Å². The van der Waals surface area contributed by atoms with Gasteiger partial charge in [0.1, 0.15) is 11.1 Å². The number of para-hydroxylation sites is 1. The maximum atomic E-state index is 12.2. The number of carbonyl (C=O) groups excluding carboxylic acids is 1. The summed E-state index contributed by atoms with van der Waals surface area (Å²) in [6.45, 7) is 0.540. The first-order valence-electron chi connectivity index (χ1n) is 8.09. The fourth-order valence-electron chi connectivity index (χ4n) is 2.62. The normalized spacial score (nSPS) is 10.7. The third kappa shape index (κ3) is 3.90. The Hall–Kier alpha value is -2.88. The fraction of sp³-hybridized carbons (Fsp3) is 0.200. The number of nitrogens with one attached hydrogen (secondary N) is 1. The predicted octanol–water partition coefficient (Wildman–Crippen LogP) is 3.55. The molecule has 0 saturated heterocycles. The van der Waals surface area contributed by atoms with Crippen LogP contribution in [-0.2, 0) is 6.42 Å². The first-order valence-corrected chi connectivity index (χ1v) is 8.09. The second-order valence-corrected chi connectivity index (χ2v) is 5.68. The molecule has 0 aliphatic carbocycles. The molecule has 2 aromatic carbocycles. The smallest absolute Gasteiger partial charge is 0.349 e. The van der Waals surface area contributed by atoms with Crippen LogP contribution < -0.4 is 10.9 Å². The molecule has 4 nitrogen and oxygen atoms in total. The van der Waals surface area contributed by atoms with Crippen molar-refractivity contribution in [2.24, 2.45) is 0 Å². The lowest BCUT2D eigenvalue weighted by Crippen LogP contribution is -2.29. The molecule has 0 aliphatic heterocycles. The number of aryl methyl sites for hydroxylation is 1. The Labute approximate surface area is 140 Å². The number of amides is 1. The number of fused-ring (bicyclic) bond motifs is 1. The molecule has 3 aromatic rings. The van der Waals surface area contributed by atoms with Gasteiger partial charge in [-0.2, -0.15) is 0 Å². The van der Waals surface area contributed by atoms with Gasteiger partial charge in [0.25, 0.3) is 5.91 Å². The van der Waals surface area contributed by atoms with Crippen molar-refractivity contribution in [3.63, 3.8) is 0 Å². The van der Waals surface area contributed by atoms with Gasteiger partial charge in [0, 0.05) is 11.9 Å². The van der Waals surface area contributed by atoms with E-state index in [0.29, 0.717) is 12.1 Å². The van der Waals surface area contributed by atoms with Gasteiger partial charge in [0.05, 0.1) is 0 Å². The lowest BCUT2D eigenvalue weighted by atomic mass is 10.1. The SMILES string of the molecule is O=C(NCCCCc1ccccc1)c1cc2ccccc2oc1=O. The third-order valence-electron chi connectivity index (χ3n) is 3.91. The zero-order chi connectivity index (χ0) is 16.8. The lowest BCUT2D eigenvalue weighted by molar-refractivity contribution is 0.0949. The molecule has 1 aromatic heterocycles. The van der Waals surface area contributed by atoms with Crippen molar-refractivity contribution < 1.29 is 9.21 Å². The molecule has 0 aliphatic rings. The van der Waals surface area contributed by atoms with Crippen LogP contribution in [0.3, 0.4) is 0 Å². The van der Waals surface area contributed by atoms with Crippen molar-refractivity contribution in [3.8, 4) is 0 Å². The van der Waals surface area contributed by atoms with Crippen LogP contribution >= 0.6 is 0 Å². The first-order chi connectivity index (χ1) is 11.7. The molecule has 0 atom stereocenters. The van der Waals surface area contributed by atoms with E-state index < -0.39 is 5.63 Å². The summed E-state index contributed by atoms with van der Waals surface area (Å²) in [6.07, 6.45) is 2.82. The summed E-state index contributed by atoms with van der Waals surface area (Å²) in [4.78, 5) is 24.1. The molecule has 4 heteroatoms. The van der Waals surface area contributed by atoms with E-state index in [4.69, 9.17) is 4.42 Å². The molecule has 1 N–H and O–H groups in total. The van der Waals surface area contributed by atoms with Gasteiger partial charge in [-0.15, -0.1) is 0 Å². The second-order valence-electron chi connectivity index (χ2n) is 5.68. The number of benzene rings is 2. The van der Waals surface area contributed by atoms with Crippen LogP contribution in [0.4, 0.5) is 0 Å². The lowest BCUT2D eigenvalue weighted by Gasteiger charge is -2.05. The topological polar surface area (TPSA) is 59.3 Å². The Kier molecular flexibility index (Phi) is 5.06. The van der Waals surface area contributed by atoms with Crippen molar-refractivity contribution in [2.45, 2.75) is 19.3 Å². The summed E-state index contributed by atoms with van der Waals surface area (Å²) in [7, 11) is 0. The zero-order valence-corrected chi connectivity index (χ0v) is 13.3. The van der Waals surface area contributed by atoms with Crippen LogP contribution in [-0.4, -0.2) is 12.5 Å². The average molecular weight is 321 g/mol. The van der Waals surface area contributed by atoms with E-state index in [2.05, 4.69) is 17.4 Å². The van der Waals surface area contributed by atoms with Gasteiger partial charge < -0.3 is 9.73 Å². The Morgan fingerprint density at radius 3 is 2.54 bits per heavy atom. The highest BCUT2D eigenvalue weighted by molar-refractivity contribution is 5.96. The van der Waals surface area contributed by atoms with E-state index in [-0.39, 0.29) is 11.5 Å². The Morgan fingerprint density at radius 1 is 0.958 bits per heavy atom. The third-order valence-corrected chi connectivity index (χ3v) is 3.91. The van der Waals surface area contributed by atoms with E-state index in [1.54, 1.807) is 18.2 Å². The summed E-state index contributed by atoms with van der Waals surface area (Å²) < 4.78 is 5.18. The van der Waals surface area contributed by atoms with Crippen LogP contribution in [0.1, 0.15) is 28.8 Å². The molecule has 1 amide bonds. The quantitative estimate of drug-likeness (QED) is 0.558. The molecule has 0 bridgehead atoms. The summed E-state index contributed by atoms with van der Waals surface area (Å²) >= 11 is 0. The molecular weight excluding hydrogens is 302 g/mol. The molecule has 122 valence electrons. The van der Waals surface area contributed by atoms with Crippen molar-refractivity contribution in [3.05, 3.63) is 82.2 Å². The van der Waals surface area contributed by atoms with Crippen LogP contribution in [0.15, 0.2) is 69.9 Å². The molecule has 0 spiro atoms. The average Bonchev–Trinajstić information content (AvgIpc) is 2.61. The standard InChI is InChI=1S/C20H19NO3/c22-19(21-13-7-6-10-15-8-2-1-3-9-15)17-14-16-11-4-5-12-18(16)24-20(17)23/h1-5,8-9,11-12,14H,6-7,10,13H2,(H,21,22). The fourth-order valence-corrected chi connectivity index (χ4v) is 2.62.